The van der Waals surface area contributed by atoms with Crippen LogP contribution in [0.3, 0.4) is 0 Å². The Bertz CT molecular complexity index is 737. The van der Waals surface area contributed by atoms with Gasteiger partial charge >= 0.3 is 0 Å². The number of likely N-dealkylation sites (tertiary alicyclic amines) is 2. The van der Waals surface area contributed by atoms with Gasteiger partial charge in [-0.2, -0.15) is 0 Å². The van der Waals surface area contributed by atoms with Crippen molar-refractivity contribution >= 4 is 11.8 Å². The zero-order valence-electron chi connectivity index (χ0n) is 19.6. The first-order chi connectivity index (χ1) is 15.0. The molecule has 0 aliphatic carbocycles. The highest BCUT2D eigenvalue weighted by Gasteiger charge is 2.42. The maximum Gasteiger partial charge on any atom is 0.260 e. The van der Waals surface area contributed by atoms with Gasteiger partial charge in [0, 0.05) is 26.2 Å². The molecular weight excluding hydrogens is 390 g/mol. The molecule has 0 bridgehead atoms. The standard InChI is InChI=1S/C25H39N3O3/c1-4-13-26(14-5-2)18-23(29)28-17-12-25(20-28)10-15-27(16-11-25)24(30)19-31-22-9-7-6-8-21(22)3/h6-9H,4-5,10-20H2,1-3H3. The smallest absolute Gasteiger partial charge is 0.260 e. The molecule has 0 unspecified atom stereocenters. The third-order valence-electron chi connectivity index (χ3n) is 6.85. The second kappa shape index (κ2) is 11.0. The van der Waals surface area contributed by atoms with Crippen molar-refractivity contribution < 1.29 is 14.3 Å². The summed E-state index contributed by atoms with van der Waals surface area (Å²) in [5.74, 6) is 1.09. The highest BCUT2D eigenvalue weighted by molar-refractivity contribution is 5.79. The molecule has 2 aliphatic rings. The van der Waals surface area contributed by atoms with Gasteiger partial charge in [-0.15, -0.1) is 0 Å². The number of hydrogen-bond acceptors (Lipinski definition) is 4. The number of ether oxygens (including phenoxy) is 1. The molecule has 2 amide bonds. The molecule has 6 heteroatoms. The quantitative estimate of drug-likeness (QED) is 0.604. The van der Waals surface area contributed by atoms with Crippen molar-refractivity contribution in [1.82, 2.24) is 14.7 Å². The van der Waals surface area contributed by atoms with Crippen LogP contribution >= 0.6 is 0 Å². The summed E-state index contributed by atoms with van der Waals surface area (Å²) in [6.07, 6.45) is 5.16. The van der Waals surface area contributed by atoms with Crippen LogP contribution in [-0.2, 0) is 9.59 Å². The average molecular weight is 430 g/mol. The molecular formula is C25H39N3O3. The van der Waals surface area contributed by atoms with E-state index in [9.17, 15) is 9.59 Å². The lowest BCUT2D eigenvalue weighted by Gasteiger charge is -2.39. The van der Waals surface area contributed by atoms with E-state index in [2.05, 4.69) is 23.6 Å². The predicted octanol–water partition coefficient (Wildman–Crippen LogP) is 3.34. The molecule has 0 atom stereocenters. The van der Waals surface area contributed by atoms with Crippen LogP contribution in [0.15, 0.2) is 24.3 Å². The van der Waals surface area contributed by atoms with E-state index in [0.717, 1.165) is 82.7 Å². The summed E-state index contributed by atoms with van der Waals surface area (Å²) in [5.41, 5.74) is 1.23. The summed E-state index contributed by atoms with van der Waals surface area (Å²) in [5, 5.41) is 0. The molecule has 0 aromatic heterocycles. The third-order valence-corrected chi connectivity index (χ3v) is 6.85. The van der Waals surface area contributed by atoms with Gasteiger partial charge in [-0.05, 0) is 69.2 Å². The van der Waals surface area contributed by atoms with Gasteiger partial charge in [0.15, 0.2) is 6.61 Å². The molecule has 172 valence electrons. The number of hydrogen-bond donors (Lipinski definition) is 0. The van der Waals surface area contributed by atoms with Crippen molar-refractivity contribution in [3.63, 3.8) is 0 Å². The Morgan fingerprint density at radius 1 is 0.968 bits per heavy atom. The van der Waals surface area contributed by atoms with Crippen molar-refractivity contribution in [2.45, 2.75) is 52.9 Å². The Hall–Kier alpha value is -2.08. The van der Waals surface area contributed by atoms with Crippen LogP contribution in [0.2, 0.25) is 0 Å². The average Bonchev–Trinajstić information content (AvgIpc) is 3.17. The van der Waals surface area contributed by atoms with Gasteiger partial charge in [0.1, 0.15) is 5.75 Å². The molecule has 1 aromatic carbocycles. The molecule has 1 spiro atoms. The van der Waals surface area contributed by atoms with Gasteiger partial charge in [0.05, 0.1) is 6.54 Å². The minimum Gasteiger partial charge on any atom is -0.484 e. The first-order valence-corrected chi connectivity index (χ1v) is 11.9. The SMILES string of the molecule is CCCN(CCC)CC(=O)N1CCC2(CCN(C(=O)COc3ccccc3C)CC2)C1. The lowest BCUT2D eigenvalue weighted by molar-refractivity contribution is -0.136. The molecule has 0 N–H and O–H groups in total. The first kappa shape index (κ1) is 23.6. The van der Waals surface area contributed by atoms with Crippen LogP contribution in [0, 0.1) is 12.3 Å². The number of nitrogens with zero attached hydrogens (tertiary/aromatic N) is 3. The van der Waals surface area contributed by atoms with Crippen LogP contribution in [-0.4, -0.2) is 78.9 Å². The Kier molecular flexibility index (Phi) is 8.35. The molecule has 3 rings (SSSR count). The number of amides is 2. The second-order valence-corrected chi connectivity index (χ2v) is 9.28. The highest BCUT2D eigenvalue weighted by atomic mass is 16.5. The summed E-state index contributed by atoms with van der Waals surface area (Å²) in [6, 6.07) is 7.78. The summed E-state index contributed by atoms with van der Waals surface area (Å²) in [6.45, 7) is 12.1. The van der Waals surface area contributed by atoms with E-state index in [1.807, 2.05) is 36.1 Å². The minimum absolute atomic E-state index is 0.0544. The Morgan fingerprint density at radius 3 is 2.19 bits per heavy atom. The number of para-hydroxylation sites is 1. The zero-order chi connectivity index (χ0) is 22.3. The molecule has 2 fully saturated rings. The first-order valence-electron chi connectivity index (χ1n) is 11.9. The molecule has 2 saturated heterocycles. The van der Waals surface area contributed by atoms with Crippen LogP contribution < -0.4 is 4.74 Å². The van der Waals surface area contributed by atoms with E-state index in [0.29, 0.717) is 6.54 Å². The number of aryl methyl sites for hydroxylation is 1. The summed E-state index contributed by atoms with van der Waals surface area (Å²) in [4.78, 5) is 31.8. The van der Waals surface area contributed by atoms with E-state index in [1.54, 1.807) is 0 Å². The van der Waals surface area contributed by atoms with Crippen molar-refractivity contribution in [2.24, 2.45) is 5.41 Å². The van der Waals surface area contributed by atoms with Crippen LogP contribution in [0.1, 0.15) is 51.5 Å². The van der Waals surface area contributed by atoms with Crippen LogP contribution in [0.5, 0.6) is 5.75 Å². The number of benzene rings is 1. The monoisotopic (exact) mass is 429 g/mol. The normalized spacial score (nSPS) is 18.1. The maximum atomic E-state index is 12.9. The number of carbonyl (C=O) groups excluding carboxylic acids is 2. The van der Waals surface area contributed by atoms with Gasteiger partial charge in [0.2, 0.25) is 5.91 Å². The second-order valence-electron chi connectivity index (χ2n) is 9.28. The maximum absolute atomic E-state index is 12.9. The van der Waals surface area contributed by atoms with Crippen molar-refractivity contribution in [3.05, 3.63) is 29.8 Å². The third kappa shape index (κ3) is 6.22. The molecule has 0 radical (unpaired) electrons. The predicted molar refractivity (Wildman–Crippen MR) is 123 cm³/mol. The fourth-order valence-electron chi connectivity index (χ4n) is 4.93. The highest BCUT2D eigenvalue weighted by Crippen LogP contribution is 2.40. The Morgan fingerprint density at radius 2 is 1.58 bits per heavy atom. The van der Waals surface area contributed by atoms with Gasteiger partial charge in [-0.3, -0.25) is 14.5 Å². The van der Waals surface area contributed by atoms with Crippen molar-refractivity contribution in [3.8, 4) is 5.75 Å². The van der Waals surface area contributed by atoms with E-state index in [1.165, 1.54) is 0 Å². The fraction of sp³-hybridized carbons (Fsp3) is 0.680. The molecule has 31 heavy (non-hydrogen) atoms. The Balaban J connectivity index is 1.45. The molecule has 2 aliphatic heterocycles. The van der Waals surface area contributed by atoms with Crippen molar-refractivity contribution in [2.75, 3.05) is 52.4 Å². The Labute approximate surface area is 187 Å². The topological polar surface area (TPSA) is 53.1 Å². The number of rotatable bonds is 9. The van der Waals surface area contributed by atoms with Crippen LogP contribution in [0.4, 0.5) is 0 Å². The van der Waals surface area contributed by atoms with E-state index >= 15 is 0 Å². The van der Waals surface area contributed by atoms with Crippen molar-refractivity contribution in [1.29, 1.82) is 0 Å². The summed E-state index contributed by atoms with van der Waals surface area (Å²) >= 11 is 0. The van der Waals surface area contributed by atoms with Crippen LogP contribution in [0.25, 0.3) is 0 Å². The lowest BCUT2D eigenvalue weighted by atomic mass is 9.78. The summed E-state index contributed by atoms with van der Waals surface area (Å²) in [7, 11) is 0. The van der Waals surface area contributed by atoms with E-state index in [-0.39, 0.29) is 23.8 Å². The lowest BCUT2D eigenvalue weighted by Crippen LogP contribution is -2.46. The molecule has 1 aromatic rings. The summed E-state index contributed by atoms with van der Waals surface area (Å²) < 4.78 is 5.75. The van der Waals surface area contributed by atoms with Gasteiger partial charge in [0.25, 0.3) is 5.91 Å². The van der Waals surface area contributed by atoms with Gasteiger partial charge in [-0.1, -0.05) is 32.0 Å². The molecule has 2 heterocycles. The van der Waals surface area contributed by atoms with Gasteiger partial charge < -0.3 is 14.5 Å². The zero-order valence-corrected chi connectivity index (χ0v) is 19.6. The largest absolute Gasteiger partial charge is 0.484 e. The van der Waals surface area contributed by atoms with E-state index in [4.69, 9.17) is 4.74 Å². The minimum atomic E-state index is 0.0544. The van der Waals surface area contributed by atoms with E-state index < -0.39 is 0 Å². The fourth-order valence-corrected chi connectivity index (χ4v) is 4.93. The number of piperidine rings is 1. The number of carbonyl (C=O) groups is 2. The molecule has 6 nitrogen and oxygen atoms in total. The molecule has 0 saturated carbocycles. The van der Waals surface area contributed by atoms with Gasteiger partial charge in [-0.25, -0.2) is 0 Å².